The molecule has 2 aromatic carbocycles. The quantitative estimate of drug-likeness (QED) is 0.494. The second-order valence-electron chi connectivity index (χ2n) is 6.61. The lowest BCUT2D eigenvalue weighted by Gasteiger charge is -2.12. The fourth-order valence-electron chi connectivity index (χ4n) is 2.78. The van der Waals surface area contributed by atoms with Gasteiger partial charge in [0, 0.05) is 30.0 Å². The monoisotopic (exact) mass is 438 g/mol. The van der Waals surface area contributed by atoms with E-state index in [9.17, 15) is 14.4 Å². The van der Waals surface area contributed by atoms with E-state index in [0.717, 1.165) is 0 Å². The minimum Gasteiger partial charge on any atom is -0.495 e. The average molecular weight is 439 g/mol. The van der Waals surface area contributed by atoms with Crippen LogP contribution < -0.4 is 20.7 Å². The molecule has 0 fully saturated rings. The molecular weight excluding hydrogens is 416 g/mol. The van der Waals surface area contributed by atoms with Gasteiger partial charge in [-0.3, -0.25) is 19.7 Å². The summed E-state index contributed by atoms with van der Waals surface area (Å²) in [6, 6.07) is 13.9. The predicted molar refractivity (Wildman–Crippen MR) is 121 cm³/mol. The van der Waals surface area contributed by atoms with Crippen LogP contribution in [0, 0.1) is 0 Å². The van der Waals surface area contributed by atoms with Crippen LogP contribution in [-0.2, 0) is 16.0 Å². The van der Waals surface area contributed by atoms with E-state index in [0.29, 0.717) is 39.9 Å². The molecule has 0 spiro atoms. The minimum absolute atomic E-state index is 0.198. The zero-order valence-electron chi connectivity index (χ0n) is 17.1. The molecule has 3 N–H and O–H groups in total. The second-order valence-corrected chi connectivity index (χ2v) is 7.47. The number of amides is 3. The lowest BCUT2D eigenvalue weighted by molar-refractivity contribution is -0.116. The van der Waals surface area contributed by atoms with Crippen molar-refractivity contribution in [2.45, 2.75) is 19.8 Å². The summed E-state index contributed by atoms with van der Waals surface area (Å²) in [4.78, 5) is 40.2. The topological polar surface area (TPSA) is 109 Å². The van der Waals surface area contributed by atoms with Crippen LogP contribution in [0.15, 0.2) is 53.9 Å². The number of anilines is 3. The van der Waals surface area contributed by atoms with Crippen molar-refractivity contribution in [3.8, 4) is 5.75 Å². The highest BCUT2D eigenvalue weighted by Crippen LogP contribution is 2.28. The molecule has 3 aromatic rings. The van der Waals surface area contributed by atoms with Crippen LogP contribution in [0.2, 0.25) is 0 Å². The van der Waals surface area contributed by atoms with Gasteiger partial charge in [-0.1, -0.05) is 18.2 Å². The zero-order valence-corrected chi connectivity index (χ0v) is 17.9. The van der Waals surface area contributed by atoms with Crippen LogP contribution in [0.25, 0.3) is 0 Å². The molecule has 3 rings (SSSR count). The van der Waals surface area contributed by atoms with Crippen molar-refractivity contribution in [3.05, 3.63) is 65.2 Å². The van der Waals surface area contributed by atoms with E-state index in [2.05, 4.69) is 20.9 Å². The third-order valence-corrected chi connectivity index (χ3v) is 5.02. The Hall–Kier alpha value is -3.72. The van der Waals surface area contributed by atoms with Gasteiger partial charge in [-0.25, -0.2) is 4.98 Å². The van der Waals surface area contributed by atoms with Gasteiger partial charge < -0.3 is 15.4 Å². The van der Waals surface area contributed by atoms with Gasteiger partial charge in [-0.15, -0.1) is 11.3 Å². The Morgan fingerprint density at radius 3 is 2.52 bits per heavy atom. The highest BCUT2D eigenvalue weighted by atomic mass is 32.1. The summed E-state index contributed by atoms with van der Waals surface area (Å²) in [5.41, 5.74) is 2.28. The maximum atomic E-state index is 12.4. The first-order valence-electron chi connectivity index (χ1n) is 9.51. The normalized spacial score (nSPS) is 10.3. The molecule has 9 heteroatoms. The van der Waals surface area contributed by atoms with Crippen molar-refractivity contribution in [2.24, 2.45) is 0 Å². The van der Waals surface area contributed by atoms with E-state index in [4.69, 9.17) is 4.74 Å². The molecule has 8 nitrogen and oxygen atoms in total. The summed E-state index contributed by atoms with van der Waals surface area (Å²) in [6.45, 7) is 1.41. The number of carbonyl (C=O) groups is 3. The van der Waals surface area contributed by atoms with Gasteiger partial charge in [0.1, 0.15) is 5.75 Å². The number of thiazole rings is 1. The first-order valence-corrected chi connectivity index (χ1v) is 10.4. The van der Waals surface area contributed by atoms with Crippen LogP contribution in [0.3, 0.4) is 0 Å². The van der Waals surface area contributed by atoms with Gasteiger partial charge in [0.2, 0.25) is 11.8 Å². The number of carbonyl (C=O) groups excluding carboxylic acids is 3. The molecule has 0 aliphatic heterocycles. The van der Waals surface area contributed by atoms with E-state index < -0.39 is 0 Å². The number of nitrogens with one attached hydrogen (secondary N) is 3. The third-order valence-electron chi connectivity index (χ3n) is 4.21. The summed E-state index contributed by atoms with van der Waals surface area (Å²) in [5.74, 6) is -0.172. The Bertz CT molecular complexity index is 1080. The molecule has 1 heterocycles. The molecule has 0 bridgehead atoms. The first-order chi connectivity index (χ1) is 14.9. The summed E-state index contributed by atoms with van der Waals surface area (Å²) >= 11 is 1.31. The van der Waals surface area contributed by atoms with Gasteiger partial charge in [-0.2, -0.15) is 0 Å². The largest absolute Gasteiger partial charge is 0.495 e. The molecule has 0 radical (unpaired) electrons. The number of aryl methyl sites for hydroxylation is 1. The Balaban J connectivity index is 1.56. The Kier molecular flexibility index (Phi) is 7.34. The van der Waals surface area contributed by atoms with Gasteiger partial charge >= 0.3 is 0 Å². The molecule has 0 aliphatic carbocycles. The van der Waals surface area contributed by atoms with Crippen LogP contribution in [0.4, 0.5) is 16.5 Å². The zero-order chi connectivity index (χ0) is 22.2. The van der Waals surface area contributed by atoms with Crippen LogP contribution in [0.5, 0.6) is 5.75 Å². The fourth-order valence-corrected chi connectivity index (χ4v) is 3.52. The van der Waals surface area contributed by atoms with E-state index in [1.807, 2.05) is 11.4 Å². The second kappa shape index (κ2) is 10.4. The van der Waals surface area contributed by atoms with Gasteiger partial charge in [0.25, 0.3) is 5.91 Å². The molecule has 3 amide bonds. The molecule has 160 valence electrons. The lowest BCUT2D eigenvalue weighted by Crippen LogP contribution is -2.14. The molecule has 0 aliphatic rings. The van der Waals surface area contributed by atoms with Crippen molar-refractivity contribution in [1.29, 1.82) is 0 Å². The molecule has 31 heavy (non-hydrogen) atoms. The average Bonchev–Trinajstić information content (AvgIpc) is 3.20. The number of benzene rings is 2. The number of hydrogen-bond donors (Lipinski definition) is 3. The van der Waals surface area contributed by atoms with Crippen molar-refractivity contribution >= 4 is 45.6 Å². The molecule has 0 saturated carbocycles. The SMILES string of the molecule is COc1ccc(NC(C)=O)cc1NC(=O)CCc1csc(NC(=O)c2ccccc2)n1. The van der Waals surface area contributed by atoms with E-state index in [1.165, 1.54) is 25.4 Å². The Labute approximate surface area is 183 Å². The van der Waals surface area contributed by atoms with Gasteiger partial charge in [0.05, 0.1) is 18.5 Å². The van der Waals surface area contributed by atoms with Gasteiger partial charge in [-0.05, 0) is 36.8 Å². The maximum Gasteiger partial charge on any atom is 0.257 e. The number of rotatable bonds is 8. The van der Waals surface area contributed by atoms with Crippen molar-refractivity contribution < 1.29 is 19.1 Å². The van der Waals surface area contributed by atoms with Crippen LogP contribution in [-0.4, -0.2) is 29.8 Å². The third kappa shape index (κ3) is 6.38. The number of ether oxygens (including phenoxy) is 1. The molecule has 1 aromatic heterocycles. The predicted octanol–water partition coefficient (Wildman–Crippen LogP) is 3.93. The summed E-state index contributed by atoms with van der Waals surface area (Å²) in [5, 5.41) is 10.5. The molecule has 0 atom stereocenters. The Morgan fingerprint density at radius 2 is 1.81 bits per heavy atom. The van der Waals surface area contributed by atoms with Crippen LogP contribution >= 0.6 is 11.3 Å². The summed E-state index contributed by atoms with van der Waals surface area (Å²) < 4.78 is 5.27. The molecule has 0 unspecified atom stereocenters. The van der Waals surface area contributed by atoms with E-state index in [-0.39, 0.29) is 24.1 Å². The minimum atomic E-state index is -0.231. The first kappa shape index (κ1) is 22.0. The van der Waals surface area contributed by atoms with Crippen molar-refractivity contribution in [1.82, 2.24) is 4.98 Å². The lowest BCUT2D eigenvalue weighted by atomic mass is 10.2. The Morgan fingerprint density at radius 1 is 1.03 bits per heavy atom. The number of hydrogen-bond acceptors (Lipinski definition) is 6. The maximum absolute atomic E-state index is 12.4. The summed E-state index contributed by atoms with van der Waals surface area (Å²) in [7, 11) is 1.50. The van der Waals surface area contributed by atoms with Crippen LogP contribution in [0.1, 0.15) is 29.4 Å². The highest BCUT2D eigenvalue weighted by molar-refractivity contribution is 7.14. The van der Waals surface area contributed by atoms with Gasteiger partial charge in [0.15, 0.2) is 5.13 Å². The van der Waals surface area contributed by atoms with Crippen molar-refractivity contribution in [3.63, 3.8) is 0 Å². The van der Waals surface area contributed by atoms with E-state index in [1.54, 1.807) is 42.5 Å². The fraction of sp³-hybridized carbons (Fsp3) is 0.182. The van der Waals surface area contributed by atoms with Crippen molar-refractivity contribution in [2.75, 3.05) is 23.1 Å². The molecular formula is C22H22N4O4S. The summed E-state index contributed by atoms with van der Waals surface area (Å²) in [6.07, 6.45) is 0.612. The number of aromatic nitrogens is 1. The molecule has 0 saturated heterocycles. The van der Waals surface area contributed by atoms with E-state index >= 15 is 0 Å². The smallest absolute Gasteiger partial charge is 0.257 e. The highest BCUT2D eigenvalue weighted by Gasteiger charge is 2.12. The number of nitrogens with zero attached hydrogens (tertiary/aromatic N) is 1. The standard InChI is InChI=1S/C22H22N4O4S/c1-14(27)23-16-8-10-19(30-2)18(12-16)25-20(28)11-9-17-13-31-22(24-17)26-21(29)15-6-4-3-5-7-15/h3-8,10,12-13H,9,11H2,1-2H3,(H,23,27)(H,25,28)(H,24,26,29). The number of methoxy groups -OCH3 is 1.